The second-order valence-corrected chi connectivity index (χ2v) is 4.39. The topological polar surface area (TPSA) is 57.6 Å². The number of carboxylic acids is 1. The summed E-state index contributed by atoms with van der Waals surface area (Å²) in [5, 5.41) is 8.89. The van der Waals surface area contributed by atoms with Crippen LogP contribution in [-0.2, 0) is 16.0 Å². The Morgan fingerprint density at radius 2 is 2.18 bits per heavy atom. The first-order valence-corrected chi connectivity index (χ1v) is 5.70. The van der Waals surface area contributed by atoms with E-state index in [1.54, 1.807) is 0 Å². The van der Waals surface area contributed by atoms with Gasteiger partial charge in [-0.05, 0) is 24.5 Å². The summed E-state index contributed by atoms with van der Waals surface area (Å²) in [7, 11) is 0. The lowest BCUT2D eigenvalue weighted by Gasteiger charge is -2.22. The van der Waals surface area contributed by atoms with Gasteiger partial charge < -0.3 is 10.0 Å². The van der Waals surface area contributed by atoms with Crippen LogP contribution in [0.25, 0.3) is 0 Å². The third kappa shape index (κ3) is 2.30. The van der Waals surface area contributed by atoms with E-state index in [0.29, 0.717) is 0 Å². The van der Waals surface area contributed by atoms with Crippen LogP contribution in [0.3, 0.4) is 0 Å². The lowest BCUT2D eigenvalue weighted by Crippen LogP contribution is -2.38. The van der Waals surface area contributed by atoms with E-state index in [1.165, 1.54) is 4.90 Å². The largest absolute Gasteiger partial charge is 0.480 e. The number of carboxylic acid groups (broad SMARTS) is 1. The zero-order chi connectivity index (χ0) is 12.4. The Labute approximate surface area is 99.9 Å². The smallest absolute Gasteiger partial charge is 0.323 e. The molecule has 0 aromatic heterocycles. The Morgan fingerprint density at radius 3 is 2.88 bits per heavy atom. The number of rotatable bonds is 2. The molecule has 1 aromatic carbocycles. The molecule has 0 aliphatic carbocycles. The Hall–Kier alpha value is -1.84. The molecule has 1 aliphatic rings. The highest BCUT2D eigenvalue weighted by atomic mass is 16.4. The van der Waals surface area contributed by atoms with Crippen LogP contribution < -0.4 is 4.90 Å². The van der Waals surface area contributed by atoms with Crippen LogP contribution in [0.1, 0.15) is 18.9 Å². The van der Waals surface area contributed by atoms with E-state index in [1.807, 2.05) is 31.2 Å². The van der Waals surface area contributed by atoms with Crippen LogP contribution in [0.4, 0.5) is 5.69 Å². The molecule has 0 fully saturated rings. The predicted octanol–water partition coefficient (Wildman–Crippen LogP) is 1.69. The van der Waals surface area contributed by atoms with Crippen molar-refractivity contribution >= 4 is 17.6 Å². The number of para-hydroxylation sites is 1. The van der Waals surface area contributed by atoms with E-state index in [9.17, 15) is 9.59 Å². The Balaban J connectivity index is 2.43. The highest BCUT2D eigenvalue weighted by molar-refractivity contribution is 5.99. The first kappa shape index (κ1) is 11.6. The van der Waals surface area contributed by atoms with Crippen LogP contribution in [0.5, 0.6) is 0 Å². The summed E-state index contributed by atoms with van der Waals surface area (Å²) in [6, 6.07) is 7.51. The third-order valence-electron chi connectivity index (χ3n) is 3.11. The van der Waals surface area contributed by atoms with Gasteiger partial charge in [0.25, 0.3) is 0 Å². The van der Waals surface area contributed by atoms with Crippen molar-refractivity contribution in [1.29, 1.82) is 0 Å². The van der Waals surface area contributed by atoms with Crippen molar-refractivity contribution in [3.63, 3.8) is 0 Å². The average molecular weight is 233 g/mol. The molecule has 1 N–H and O–H groups in total. The minimum atomic E-state index is -0.984. The lowest BCUT2D eigenvalue weighted by molar-refractivity contribution is -0.137. The van der Waals surface area contributed by atoms with Gasteiger partial charge in [-0.25, -0.2) is 0 Å². The van der Waals surface area contributed by atoms with E-state index in [0.717, 1.165) is 24.1 Å². The van der Waals surface area contributed by atoms with Crippen LogP contribution >= 0.6 is 0 Å². The second-order valence-electron chi connectivity index (χ2n) is 4.39. The molecule has 2 rings (SSSR count). The van der Waals surface area contributed by atoms with Gasteiger partial charge in [-0.2, -0.15) is 0 Å². The molecule has 90 valence electrons. The Morgan fingerprint density at radius 1 is 1.47 bits per heavy atom. The number of anilines is 1. The molecule has 0 radical (unpaired) electrons. The summed E-state index contributed by atoms with van der Waals surface area (Å²) >= 11 is 0. The first-order valence-electron chi connectivity index (χ1n) is 5.70. The van der Waals surface area contributed by atoms with E-state index in [-0.39, 0.29) is 18.4 Å². The number of amides is 1. The number of aryl methyl sites for hydroxylation is 1. The minimum Gasteiger partial charge on any atom is -0.480 e. The van der Waals surface area contributed by atoms with Gasteiger partial charge in [-0.15, -0.1) is 0 Å². The fourth-order valence-electron chi connectivity index (χ4n) is 2.16. The number of hydrogen-bond donors (Lipinski definition) is 1. The molecular weight excluding hydrogens is 218 g/mol. The van der Waals surface area contributed by atoms with Gasteiger partial charge >= 0.3 is 5.97 Å². The summed E-state index contributed by atoms with van der Waals surface area (Å²) in [6.07, 6.45) is 1.59. The number of carbonyl (C=O) groups is 2. The highest BCUT2D eigenvalue weighted by Gasteiger charge is 2.28. The van der Waals surface area contributed by atoms with Crippen molar-refractivity contribution in [1.82, 2.24) is 0 Å². The van der Waals surface area contributed by atoms with E-state index >= 15 is 0 Å². The molecule has 1 unspecified atom stereocenters. The summed E-state index contributed by atoms with van der Waals surface area (Å²) in [5.41, 5.74) is 1.79. The van der Waals surface area contributed by atoms with Crippen molar-refractivity contribution in [2.45, 2.75) is 19.8 Å². The third-order valence-corrected chi connectivity index (χ3v) is 3.11. The second kappa shape index (κ2) is 4.57. The van der Waals surface area contributed by atoms with Crippen molar-refractivity contribution in [3.05, 3.63) is 29.8 Å². The molecule has 1 amide bonds. The number of carbonyl (C=O) groups excluding carboxylic acids is 1. The molecule has 0 saturated heterocycles. The van der Waals surface area contributed by atoms with Gasteiger partial charge in [0.1, 0.15) is 6.54 Å². The number of nitrogens with zero attached hydrogens (tertiary/aromatic N) is 1. The molecule has 0 saturated carbocycles. The zero-order valence-corrected chi connectivity index (χ0v) is 9.72. The number of fused-ring (bicyclic) bond motifs is 1. The fourth-order valence-corrected chi connectivity index (χ4v) is 2.16. The molecule has 0 spiro atoms. The predicted molar refractivity (Wildman–Crippen MR) is 63.9 cm³/mol. The van der Waals surface area contributed by atoms with Gasteiger partial charge in [0, 0.05) is 11.6 Å². The van der Waals surface area contributed by atoms with Gasteiger partial charge in [0.15, 0.2) is 0 Å². The standard InChI is InChI=1S/C13H15NO3/c1-9-6-7-10-4-2-3-5-11(10)14(13(9)17)8-12(15)16/h2-5,9H,6-8H2,1H3,(H,15,16). The van der Waals surface area contributed by atoms with Gasteiger partial charge in [-0.3, -0.25) is 9.59 Å². The number of benzene rings is 1. The number of aliphatic carboxylic acids is 1. The van der Waals surface area contributed by atoms with Crippen molar-refractivity contribution in [2.24, 2.45) is 5.92 Å². The summed E-state index contributed by atoms with van der Waals surface area (Å²) in [4.78, 5) is 24.3. The Bertz CT molecular complexity index is 456. The maximum atomic E-state index is 12.1. The molecule has 4 heteroatoms. The normalized spacial score (nSPS) is 19.7. The summed E-state index contributed by atoms with van der Waals surface area (Å²) < 4.78 is 0. The monoisotopic (exact) mass is 233 g/mol. The molecule has 0 bridgehead atoms. The maximum Gasteiger partial charge on any atom is 0.323 e. The van der Waals surface area contributed by atoms with E-state index in [4.69, 9.17) is 5.11 Å². The zero-order valence-electron chi connectivity index (χ0n) is 9.72. The van der Waals surface area contributed by atoms with Gasteiger partial charge in [0.2, 0.25) is 5.91 Å². The van der Waals surface area contributed by atoms with Crippen LogP contribution in [0.15, 0.2) is 24.3 Å². The number of hydrogen-bond acceptors (Lipinski definition) is 2. The fraction of sp³-hybridized carbons (Fsp3) is 0.385. The van der Waals surface area contributed by atoms with Crippen LogP contribution in [-0.4, -0.2) is 23.5 Å². The summed E-state index contributed by atoms with van der Waals surface area (Å²) in [6.45, 7) is 1.59. The Kier molecular flexibility index (Phi) is 3.13. The quantitative estimate of drug-likeness (QED) is 0.845. The molecule has 17 heavy (non-hydrogen) atoms. The van der Waals surface area contributed by atoms with Gasteiger partial charge in [0.05, 0.1) is 0 Å². The molecule has 4 nitrogen and oxygen atoms in total. The molecular formula is C13H15NO3. The molecule has 1 aliphatic heterocycles. The maximum absolute atomic E-state index is 12.1. The van der Waals surface area contributed by atoms with E-state index in [2.05, 4.69) is 0 Å². The first-order chi connectivity index (χ1) is 8.09. The summed E-state index contributed by atoms with van der Waals surface area (Å²) in [5.74, 6) is -1.21. The SMILES string of the molecule is CC1CCc2ccccc2N(CC(=O)O)C1=O. The van der Waals surface area contributed by atoms with Crippen molar-refractivity contribution in [2.75, 3.05) is 11.4 Å². The van der Waals surface area contributed by atoms with Crippen molar-refractivity contribution in [3.8, 4) is 0 Å². The lowest BCUT2D eigenvalue weighted by atomic mass is 10.0. The molecule has 1 atom stereocenters. The molecule has 1 heterocycles. The average Bonchev–Trinajstić information content (AvgIpc) is 2.42. The highest BCUT2D eigenvalue weighted by Crippen LogP contribution is 2.28. The van der Waals surface area contributed by atoms with Gasteiger partial charge in [-0.1, -0.05) is 25.1 Å². The molecule has 1 aromatic rings. The van der Waals surface area contributed by atoms with E-state index < -0.39 is 5.97 Å². The van der Waals surface area contributed by atoms with Crippen LogP contribution in [0.2, 0.25) is 0 Å². The minimum absolute atomic E-state index is 0.0997. The van der Waals surface area contributed by atoms with Crippen molar-refractivity contribution < 1.29 is 14.7 Å². The van der Waals surface area contributed by atoms with Crippen LogP contribution in [0, 0.1) is 5.92 Å².